The van der Waals surface area contributed by atoms with Crippen LogP contribution in [0, 0.1) is 0 Å². The van der Waals surface area contributed by atoms with Gasteiger partial charge >= 0.3 is 0 Å². The van der Waals surface area contributed by atoms with Gasteiger partial charge in [-0.25, -0.2) is 19.9 Å². The van der Waals surface area contributed by atoms with E-state index in [9.17, 15) is 4.21 Å². The van der Waals surface area contributed by atoms with Crippen LogP contribution in [0.1, 0.15) is 0 Å². The van der Waals surface area contributed by atoms with E-state index in [1.54, 1.807) is 42.8 Å². The number of rotatable bonds is 5. The number of thiazole rings is 1. The van der Waals surface area contributed by atoms with Crippen LogP contribution < -0.4 is 10.6 Å². The summed E-state index contributed by atoms with van der Waals surface area (Å²) in [6.07, 6.45) is 4.64. The molecule has 0 aliphatic carbocycles. The van der Waals surface area contributed by atoms with E-state index in [-0.39, 0.29) is 0 Å². The number of nitrogens with one attached hydrogen (secondary N) is 2. The fraction of sp³-hybridized carbons (Fsp3) is 0.0588. The Morgan fingerprint density at radius 2 is 1.82 bits per heavy atom. The summed E-state index contributed by atoms with van der Waals surface area (Å²) in [6.45, 7) is 0. The van der Waals surface area contributed by atoms with Gasteiger partial charge in [0.15, 0.2) is 15.8 Å². The smallest absolute Gasteiger partial charge is 0.190 e. The lowest BCUT2D eigenvalue weighted by Crippen LogP contribution is -1.98. The fourth-order valence-corrected chi connectivity index (χ4v) is 4.15. The normalized spacial score (nSPS) is 12.1. The molecule has 0 spiro atoms. The second kappa shape index (κ2) is 7.96. The lowest BCUT2D eigenvalue weighted by Gasteiger charge is -2.07. The number of anilines is 4. The predicted octanol–water partition coefficient (Wildman–Crippen LogP) is 5.01. The SMILES string of the molecule is CS(=O)c1ccc(Nc2ncnc3sc(Nc4c(Cl)cccc4Cl)nc23)cn1. The van der Waals surface area contributed by atoms with Crippen LogP contribution >= 0.6 is 34.5 Å². The number of aromatic nitrogens is 4. The van der Waals surface area contributed by atoms with Crippen LogP contribution in [0.2, 0.25) is 10.0 Å². The summed E-state index contributed by atoms with van der Waals surface area (Å²) >= 11 is 13.8. The van der Waals surface area contributed by atoms with E-state index in [1.807, 2.05) is 0 Å². The third-order valence-electron chi connectivity index (χ3n) is 3.68. The minimum Gasteiger partial charge on any atom is -0.337 e. The van der Waals surface area contributed by atoms with Gasteiger partial charge in [-0.1, -0.05) is 40.6 Å². The highest BCUT2D eigenvalue weighted by Gasteiger charge is 2.14. The molecule has 3 heterocycles. The average molecular weight is 451 g/mol. The second-order valence-electron chi connectivity index (χ2n) is 5.58. The molecule has 0 fully saturated rings. The van der Waals surface area contributed by atoms with Crippen molar-refractivity contribution in [2.24, 2.45) is 0 Å². The average Bonchev–Trinajstić information content (AvgIpc) is 3.09. The molecular weight excluding hydrogens is 439 g/mol. The summed E-state index contributed by atoms with van der Waals surface area (Å²) < 4.78 is 11.5. The van der Waals surface area contributed by atoms with Crippen molar-refractivity contribution in [3.63, 3.8) is 0 Å². The highest BCUT2D eigenvalue weighted by atomic mass is 35.5. The van der Waals surface area contributed by atoms with Crippen molar-refractivity contribution in [3.8, 4) is 0 Å². The maximum absolute atomic E-state index is 11.5. The highest BCUT2D eigenvalue weighted by Crippen LogP contribution is 2.36. The number of fused-ring (bicyclic) bond motifs is 1. The van der Waals surface area contributed by atoms with E-state index >= 15 is 0 Å². The largest absolute Gasteiger partial charge is 0.337 e. The van der Waals surface area contributed by atoms with Crippen molar-refractivity contribution in [2.45, 2.75) is 5.03 Å². The summed E-state index contributed by atoms with van der Waals surface area (Å²) in [5.41, 5.74) is 1.88. The molecule has 0 bridgehead atoms. The van der Waals surface area contributed by atoms with Gasteiger partial charge < -0.3 is 10.6 Å². The van der Waals surface area contributed by atoms with E-state index in [0.29, 0.717) is 47.7 Å². The van der Waals surface area contributed by atoms with Crippen LogP contribution in [0.5, 0.6) is 0 Å². The Morgan fingerprint density at radius 1 is 1.04 bits per heavy atom. The second-order valence-corrected chi connectivity index (χ2v) is 8.70. The third kappa shape index (κ3) is 3.93. The number of hydrogen-bond donors (Lipinski definition) is 2. The summed E-state index contributed by atoms with van der Waals surface area (Å²) in [7, 11) is -1.13. The Hall–Kier alpha value is -2.33. The molecule has 0 saturated heterocycles. The van der Waals surface area contributed by atoms with Gasteiger partial charge in [-0.05, 0) is 24.3 Å². The zero-order valence-corrected chi connectivity index (χ0v) is 17.5. The summed E-state index contributed by atoms with van der Waals surface area (Å²) in [4.78, 5) is 18.0. The Morgan fingerprint density at radius 3 is 2.50 bits per heavy atom. The molecule has 0 aliphatic heterocycles. The minimum absolute atomic E-state index is 0.496. The molecule has 1 aromatic carbocycles. The van der Waals surface area contributed by atoms with Crippen molar-refractivity contribution in [3.05, 3.63) is 52.9 Å². The summed E-state index contributed by atoms with van der Waals surface area (Å²) in [5, 5.41) is 8.40. The molecule has 0 saturated carbocycles. The minimum atomic E-state index is -1.13. The van der Waals surface area contributed by atoms with E-state index in [0.717, 1.165) is 0 Å². The van der Waals surface area contributed by atoms with E-state index < -0.39 is 10.8 Å². The van der Waals surface area contributed by atoms with E-state index in [4.69, 9.17) is 23.2 Å². The molecule has 11 heteroatoms. The van der Waals surface area contributed by atoms with Crippen LogP contribution in [-0.4, -0.2) is 30.4 Å². The molecule has 7 nitrogen and oxygen atoms in total. The van der Waals surface area contributed by atoms with Crippen molar-refractivity contribution in [1.82, 2.24) is 19.9 Å². The topological polar surface area (TPSA) is 92.7 Å². The molecule has 28 heavy (non-hydrogen) atoms. The van der Waals surface area contributed by atoms with Crippen LogP contribution in [-0.2, 0) is 10.8 Å². The van der Waals surface area contributed by atoms with Crippen molar-refractivity contribution in [2.75, 3.05) is 16.9 Å². The maximum atomic E-state index is 11.5. The molecule has 1 unspecified atom stereocenters. The zero-order valence-electron chi connectivity index (χ0n) is 14.3. The lowest BCUT2D eigenvalue weighted by molar-refractivity contribution is 0.684. The van der Waals surface area contributed by atoms with Crippen molar-refractivity contribution in [1.29, 1.82) is 0 Å². The predicted molar refractivity (Wildman–Crippen MR) is 115 cm³/mol. The number of pyridine rings is 1. The van der Waals surface area contributed by atoms with E-state index in [2.05, 4.69) is 30.6 Å². The Balaban J connectivity index is 1.64. The van der Waals surface area contributed by atoms with Crippen molar-refractivity contribution < 1.29 is 4.21 Å². The number of benzene rings is 1. The Labute approximate surface area is 176 Å². The van der Waals surface area contributed by atoms with Gasteiger partial charge in [-0.2, -0.15) is 0 Å². The maximum Gasteiger partial charge on any atom is 0.190 e. The fourth-order valence-electron chi connectivity index (χ4n) is 2.38. The molecule has 4 rings (SSSR count). The molecule has 3 aromatic heterocycles. The standard InChI is InChI=1S/C17H12Cl2N6OS2/c1-28(26)12-6-5-9(7-20-12)23-15-14-16(22-8-21-15)27-17(25-14)24-13-10(18)3-2-4-11(13)19/h2-8H,1H3,(H,24,25)(H,21,22,23). The van der Waals surface area contributed by atoms with Crippen LogP contribution in [0.3, 0.4) is 0 Å². The molecule has 142 valence electrons. The third-order valence-corrected chi connectivity index (χ3v) is 6.02. The molecule has 4 aromatic rings. The van der Waals surface area contributed by atoms with E-state index in [1.165, 1.54) is 17.7 Å². The number of nitrogens with zero attached hydrogens (tertiary/aromatic N) is 4. The van der Waals surface area contributed by atoms with Gasteiger partial charge in [0.05, 0.1) is 38.4 Å². The van der Waals surface area contributed by atoms with Gasteiger partial charge in [0.2, 0.25) is 0 Å². The Kier molecular flexibility index (Phi) is 5.40. The monoisotopic (exact) mass is 450 g/mol. The van der Waals surface area contributed by atoms with Crippen molar-refractivity contribution >= 4 is 78.0 Å². The lowest BCUT2D eigenvalue weighted by atomic mass is 10.3. The quantitative estimate of drug-likeness (QED) is 0.441. The Bertz CT molecular complexity index is 1160. The number of hydrogen-bond acceptors (Lipinski definition) is 8. The molecule has 1 atom stereocenters. The first-order valence-electron chi connectivity index (χ1n) is 7.90. The first-order chi connectivity index (χ1) is 13.5. The zero-order chi connectivity index (χ0) is 19.7. The molecule has 0 radical (unpaired) electrons. The van der Waals surface area contributed by atoms with Crippen LogP contribution in [0.15, 0.2) is 47.9 Å². The van der Waals surface area contributed by atoms with Gasteiger partial charge in [-0.3, -0.25) is 4.21 Å². The molecule has 0 amide bonds. The molecular formula is C17H12Cl2N6OS2. The summed E-state index contributed by atoms with van der Waals surface area (Å²) in [5.74, 6) is 0.534. The number of para-hydroxylation sites is 1. The van der Waals surface area contributed by atoms with Crippen LogP contribution in [0.4, 0.5) is 22.3 Å². The summed E-state index contributed by atoms with van der Waals surface area (Å²) in [6, 6.07) is 8.75. The van der Waals surface area contributed by atoms with Gasteiger partial charge in [0, 0.05) is 6.26 Å². The van der Waals surface area contributed by atoms with Gasteiger partial charge in [0.25, 0.3) is 0 Å². The molecule has 2 N–H and O–H groups in total. The highest BCUT2D eigenvalue weighted by molar-refractivity contribution is 7.84. The van der Waals surface area contributed by atoms with Crippen LogP contribution in [0.25, 0.3) is 10.3 Å². The van der Waals surface area contributed by atoms with Gasteiger partial charge in [0.1, 0.15) is 16.9 Å². The molecule has 0 aliphatic rings. The number of halogens is 2. The van der Waals surface area contributed by atoms with Gasteiger partial charge in [-0.15, -0.1) is 0 Å². The first kappa shape index (κ1) is 19.0. The first-order valence-corrected chi connectivity index (χ1v) is 11.0.